The summed E-state index contributed by atoms with van der Waals surface area (Å²) in [5.41, 5.74) is -4.07. The van der Waals surface area contributed by atoms with Crippen LogP contribution in [0, 0.1) is 0 Å². The predicted octanol–water partition coefficient (Wildman–Crippen LogP) is 4.78. The first-order valence-corrected chi connectivity index (χ1v) is 5.55. The molecule has 0 amide bonds. The van der Waals surface area contributed by atoms with Crippen LogP contribution < -0.4 is 5.32 Å². The second-order valence-corrected chi connectivity index (χ2v) is 4.13. The first-order chi connectivity index (χ1) is 10.2. The largest absolute Gasteiger partial charge is 0.454 e. The molecule has 2 nitrogen and oxygen atoms in total. The summed E-state index contributed by atoms with van der Waals surface area (Å²) in [6, 6.07) is 0.380. The van der Waals surface area contributed by atoms with Crippen LogP contribution in [0.3, 0.4) is 0 Å². The number of halogens is 9. The highest BCUT2D eigenvalue weighted by molar-refractivity contribution is 5.94. The molecule has 11 heteroatoms. The summed E-state index contributed by atoms with van der Waals surface area (Å²) in [5, 5.41) is 1.77. The van der Waals surface area contributed by atoms with Crippen molar-refractivity contribution in [1.29, 1.82) is 0 Å². The van der Waals surface area contributed by atoms with E-state index in [-0.39, 0.29) is 24.3 Å². The Morgan fingerprint density at radius 3 is 1.61 bits per heavy atom. The monoisotopic (exact) mass is 351 g/mol. The van der Waals surface area contributed by atoms with E-state index in [0.717, 1.165) is 0 Å². The molecule has 1 rings (SSSR count). The van der Waals surface area contributed by atoms with Gasteiger partial charge in [-0.05, 0) is 18.2 Å². The number of ketones is 1. The van der Waals surface area contributed by atoms with Crippen molar-refractivity contribution >= 4 is 11.5 Å². The SMILES string of the molecule is O=C(C=CNc1cc(C(F)(F)F)cc(C(F)(F)F)c1)C(F)(F)F. The number of carbonyl (C=O) groups is 1. The molecule has 0 unspecified atom stereocenters. The van der Waals surface area contributed by atoms with Crippen LogP contribution in [0.25, 0.3) is 0 Å². The maximum absolute atomic E-state index is 12.5. The molecule has 0 atom stereocenters. The average molecular weight is 351 g/mol. The molecule has 0 spiro atoms. The zero-order valence-electron chi connectivity index (χ0n) is 10.7. The third-order valence-corrected chi connectivity index (χ3v) is 2.35. The Morgan fingerprint density at radius 1 is 0.826 bits per heavy atom. The quantitative estimate of drug-likeness (QED) is 0.627. The molecule has 0 saturated heterocycles. The minimum absolute atomic E-state index is 0.0620. The highest BCUT2D eigenvalue weighted by atomic mass is 19.4. The molecule has 0 aliphatic rings. The van der Waals surface area contributed by atoms with Gasteiger partial charge in [0.05, 0.1) is 11.1 Å². The van der Waals surface area contributed by atoms with Crippen molar-refractivity contribution in [1.82, 2.24) is 0 Å². The number of rotatable bonds is 3. The second-order valence-electron chi connectivity index (χ2n) is 4.13. The van der Waals surface area contributed by atoms with Gasteiger partial charge in [-0.25, -0.2) is 0 Å². The van der Waals surface area contributed by atoms with Gasteiger partial charge in [0.1, 0.15) is 0 Å². The Bertz CT molecular complexity index is 578. The van der Waals surface area contributed by atoms with E-state index in [9.17, 15) is 44.3 Å². The highest BCUT2D eigenvalue weighted by Gasteiger charge is 2.37. The van der Waals surface area contributed by atoms with Crippen molar-refractivity contribution in [3.63, 3.8) is 0 Å². The smallest absolute Gasteiger partial charge is 0.362 e. The van der Waals surface area contributed by atoms with Crippen molar-refractivity contribution in [2.24, 2.45) is 0 Å². The number of nitrogens with one attached hydrogen (secondary N) is 1. The van der Waals surface area contributed by atoms with Crippen molar-refractivity contribution in [2.45, 2.75) is 18.5 Å². The van der Waals surface area contributed by atoms with Crippen LogP contribution in [0.2, 0.25) is 0 Å². The van der Waals surface area contributed by atoms with Crippen LogP contribution in [-0.2, 0) is 17.1 Å². The summed E-state index contributed by atoms with van der Waals surface area (Å²) in [5.74, 6) is -2.33. The van der Waals surface area contributed by atoms with Crippen LogP contribution in [0.4, 0.5) is 45.2 Å². The van der Waals surface area contributed by atoms with Crippen molar-refractivity contribution in [3.05, 3.63) is 41.6 Å². The van der Waals surface area contributed by atoms with Crippen LogP contribution in [-0.4, -0.2) is 12.0 Å². The number of carbonyl (C=O) groups excluding carboxylic acids is 1. The van der Waals surface area contributed by atoms with Crippen LogP contribution >= 0.6 is 0 Å². The van der Waals surface area contributed by atoms with Crippen LogP contribution in [0.5, 0.6) is 0 Å². The molecular formula is C12H6F9NO. The molecule has 0 aromatic heterocycles. The van der Waals surface area contributed by atoms with Gasteiger partial charge in [-0.3, -0.25) is 4.79 Å². The van der Waals surface area contributed by atoms with Crippen LogP contribution in [0.15, 0.2) is 30.5 Å². The van der Waals surface area contributed by atoms with Crippen molar-refractivity contribution < 1.29 is 44.3 Å². The maximum Gasteiger partial charge on any atom is 0.454 e. The first-order valence-electron chi connectivity index (χ1n) is 5.55. The number of hydrogen-bond donors (Lipinski definition) is 1. The summed E-state index contributed by atoms with van der Waals surface area (Å²) in [7, 11) is 0. The minimum atomic E-state index is -5.21. The van der Waals surface area contributed by atoms with Gasteiger partial charge in [-0.15, -0.1) is 0 Å². The number of hydrogen-bond acceptors (Lipinski definition) is 2. The summed E-state index contributed by atoms with van der Waals surface area (Å²) in [6.07, 6.45) is -15.2. The molecule has 23 heavy (non-hydrogen) atoms. The topological polar surface area (TPSA) is 29.1 Å². The van der Waals surface area contributed by atoms with E-state index in [0.29, 0.717) is 6.20 Å². The number of alkyl halides is 9. The standard InChI is InChI=1S/C12H6F9NO/c13-10(14,15)6-3-7(11(16,17)18)5-8(4-6)22-2-1-9(23)12(19,20)21/h1-5,22H. The molecule has 0 aliphatic carbocycles. The third-order valence-electron chi connectivity index (χ3n) is 2.35. The molecule has 0 radical (unpaired) electrons. The van der Waals surface area contributed by atoms with Gasteiger partial charge in [0.2, 0.25) is 0 Å². The van der Waals surface area contributed by atoms with E-state index in [1.807, 2.05) is 0 Å². The highest BCUT2D eigenvalue weighted by Crippen LogP contribution is 2.37. The first kappa shape index (κ1) is 18.8. The fourth-order valence-electron chi connectivity index (χ4n) is 1.35. The fourth-order valence-corrected chi connectivity index (χ4v) is 1.35. The summed E-state index contributed by atoms with van der Waals surface area (Å²) in [4.78, 5) is 10.5. The molecule has 128 valence electrons. The Labute approximate surface area is 122 Å². The zero-order chi connectivity index (χ0) is 18.1. The van der Waals surface area contributed by atoms with E-state index < -0.39 is 41.1 Å². The van der Waals surface area contributed by atoms with Gasteiger partial charge in [0.25, 0.3) is 5.78 Å². The maximum atomic E-state index is 12.5. The van der Waals surface area contributed by atoms with E-state index in [4.69, 9.17) is 0 Å². The van der Waals surface area contributed by atoms with E-state index in [1.165, 1.54) is 0 Å². The van der Waals surface area contributed by atoms with Gasteiger partial charge in [0.15, 0.2) is 0 Å². The summed E-state index contributed by atoms with van der Waals surface area (Å²) < 4.78 is 111. The molecule has 0 aliphatic heterocycles. The fraction of sp³-hybridized carbons (Fsp3) is 0.250. The van der Waals surface area contributed by atoms with E-state index in [1.54, 1.807) is 5.32 Å². The Balaban J connectivity index is 3.12. The summed E-state index contributed by atoms with van der Waals surface area (Å²) >= 11 is 0. The lowest BCUT2D eigenvalue weighted by atomic mass is 10.1. The molecule has 0 bridgehead atoms. The number of anilines is 1. The van der Waals surface area contributed by atoms with Gasteiger partial charge in [-0.1, -0.05) is 0 Å². The number of benzene rings is 1. The molecule has 1 aromatic rings. The Morgan fingerprint density at radius 2 is 1.26 bits per heavy atom. The molecule has 1 N–H and O–H groups in total. The lowest BCUT2D eigenvalue weighted by Crippen LogP contribution is -2.20. The summed E-state index contributed by atoms with van der Waals surface area (Å²) in [6.45, 7) is 0. The average Bonchev–Trinajstić information content (AvgIpc) is 2.35. The molecule has 0 fully saturated rings. The lowest BCUT2D eigenvalue weighted by Gasteiger charge is -2.14. The van der Waals surface area contributed by atoms with Crippen molar-refractivity contribution in [3.8, 4) is 0 Å². The lowest BCUT2D eigenvalue weighted by molar-refractivity contribution is -0.165. The van der Waals surface area contributed by atoms with E-state index in [2.05, 4.69) is 0 Å². The molecule has 0 saturated carbocycles. The van der Waals surface area contributed by atoms with Gasteiger partial charge >= 0.3 is 18.5 Å². The third kappa shape index (κ3) is 5.49. The normalized spacial score (nSPS) is 13.4. The zero-order valence-corrected chi connectivity index (χ0v) is 10.7. The van der Waals surface area contributed by atoms with Crippen LogP contribution in [0.1, 0.15) is 11.1 Å². The molecule has 0 heterocycles. The van der Waals surface area contributed by atoms with Gasteiger partial charge in [-0.2, -0.15) is 39.5 Å². The Hall–Kier alpha value is -2.20. The predicted molar refractivity (Wildman–Crippen MR) is 60.3 cm³/mol. The van der Waals surface area contributed by atoms with Crippen molar-refractivity contribution in [2.75, 3.05) is 5.32 Å². The second kappa shape index (κ2) is 6.13. The van der Waals surface area contributed by atoms with E-state index >= 15 is 0 Å². The molecule has 1 aromatic carbocycles. The minimum Gasteiger partial charge on any atom is -0.362 e. The number of allylic oxidation sites excluding steroid dienone is 1. The Kier molecular flexibility index (Phi) is 5.02. The molecular weight excluding hydrogens is 345 g/mol. The van der Waals surface area contributed by atoms with Gasteiger partial charge < -0.3 is 5.32 Å². The van der Waals surface area contributed by atoms with Gasteiger partial charge in [0, 0.05) is 18.0 Å².